The van der Waals surface area contributed by atoms with Crippen LogP contribution in [0, 0.1) is 24.5 Å². The molecule has 2 nitrogen and oxygen atoms in total. The molecule has 1 aromatic carbocycles. The number of nitrogens with one attached hydrogen (secondary N) is 1. The highest BCUT2D eigenvalue weighted by molar-refractivity contribution is 5.49. The number of hydrogen-bond acceptors (Lipinski definition) is 2. The molecule has 1 atom stereocenters. The van der Waals surface area contributed by atoms with Gasteiger partial charge in [0.05, 0.1) is 12.6 Å². The van der Waals surface area contributed by atoms with Crippen molar-refractivity contribution in [1.82, 2.24) is 0 Å². The number of ether oxygens (including phenoxy) is 1. The first kappa shape index (κ1) is 13.9. The topological polar surface area (TPSA) is 21.3 Å². The lowest BCUT2D eigenvalue weighted by Gasteiger charge is -2.23. The Morgan fingerprint density at radius 3 is 2.47 bits per heavy atom. The standard InChI is InChI=1S/C13H19F2NO/c1-8(2)11(7-17-4)16-13-10(14)6-5-9(3)12(13)15/h5-6,8,11,16H,7H2,1-4H3. The van der Waals surface area contributed by atoms with Crippen LogP contribution in [-0.4, -0.2) is 19.8 Å². The Bertz CT molecular complexity index is 380. The number of methoxy groups -OCH3 is 1. The molecule has 17 heavy (non-hydrogen) atoms. The van der Waals surface area contributed by atoms with Crippen LogP contribution < -0.4 is 5.32 Å². The molecule has 0 heterocycles. The highest BCUT2D eigenvalue weighted by atomic mass is 19.1. The fourth-order valence-electron chi connectivity index (χ4n) is 1.55. The molecule has 1 rings (SSSR count). The van der Waals surface area contributed by atoms with Gasteiger partial charge in [0.2, 0.25) is 0 Å². The molecule has 0 amide bonds. The summed E-state index contributed by atoms with van der Waals surface area (Å²) in [5.74, 6) is -0.893. The zero-order valence-electron chi connectivity index (χ0n) is 10.7. The first-order valence-electron chi connectivity index (χ1n) is 5.67. The maximum atomic E-state index is 13.8. The van der Waals surface area contributed by atoms with Crippen LogP contribution in [-0.2, 0) is 4.74 Å². The van der Waals surface area contributed by atoms with Crippen molar-refractivity contribution in [2.45, 2.75) is 26.8 Å². The minimum absolute atomic E-state index is 0.0688. The van der Waals surface area contributed by atoms with Crippen molar-refractivity contribution in [2.24, 2.45) is 5.92 Å². The Hall–Kier alpha value is -1.16. The van der Waals surface area contributed by atoms with Crippen LogP contribution in [0.5, 0.6) is 0 Å². The third kappa shape index (κ3) is 3.40. The average molecular weight is 243 g/mol. The molecule has 4 heteroatoms. The van der Waals surface area contributed by atoms with E-state index in [9.17, 15) is 8.78 Å². The monoisotopic (exact) mass is 243 g/mol. The van der Waals surface area contributed by atoms with Gasteiger partial charge in [-0.25, -0.2) is 8.78 Å². The molecule has 1 N–H and O–H groups in total. The second kappa shape index (κ2) is 5.96. The molecule has 0 fully saturated rings. The number of halogens is 2. The summed E-state index contributed by atoms with van der Waals surface area (Å²) in [6, 6.07) is 2.58. The van der Waals surface area contributed by atoms with Crippen molar-refractivity contribution in [3.63, 3.8) is 0 Å². The fraction of sp³-hybridized carbons (Fsp3) is 0.538. The minimum Gasteiger partial charge on any atom is -0.383 e. The molecule has 0 aliphatic rings. The van der Waals surface area contributed by atoms with Crippen LogP contribution in [0.3, 0.4) is 0 Å². The van der Waals surface area contributed by atoms with Crippen LogP contribution in [0.25, 0.3) is 0 Å². The van der Waals surface area contributed by atoms with Gasteiger partial charge in [-0.05, 0) is 24.5 Å². The summed E-state index contributed by atoms with van der Waals surface area (Å²) in [6.45, 7) is 5.97. The second-order valence-electron chi connectivity index (χ2n) is 4.50. The molecule has 96 valence electrons. The lowest BCUT2D eigenvalue weighted by molar-refractivity contribution is 0.171. The van der Waals surface area contributed by atoms with E-state index in [1.54, 1.807) is 14.0 Å². The Labute approximate surface area is 101 Å². The number of hydrogen-bond donors (Lipinski definition) is 1. The van der Waals surface area contributed by atoms with Gasteiger partial charge in [0.15, 0.2) is 5.82 Å². The Morgan fingerprint density at radius 1 is 1.29 bits per heavy atom. The zero-order chi connectivity index (χ0) is 13.0. The molecular weight excluding hydrogens is 224 g/mol. The number of aryl methyl sites for hydroxylation is 1. The predicted octanol–water partition coefficient (Wildman–Crippen LogP) is 3.36. The van der Waals surface area contributed by atoms with Gasteiger partial charge in [-0.2, -0.15) is 0 Å². The van der Waals surface area contributed by atoms with Crippen molar-refractivity contribution in [3.05, 3.63) is 29.3 Å². The van der Waals surface area contributed by atoms with Crippen molar-refractivity contribution < 1.29 is 13.5 Å². The van der Waals surface area contributed by atoms with Gasteiger partial charge in [0, 0.05) is 7.11 Å². The summed E-state index contributed by atoms with van der Waals surface area (Å²) in [5, 5.41) is 2.88. The van der Waals surface area contributed by atoms with Crippen molar-refractivity contribution in [3.8, 4) is 0 Å². The molecule has 1 unspecified atom stereocenters. The van der Waals surface area contributed by atoms with Gasteiger partial charge < -0.3 is 10.1 Å². The highest BCUT2D eigenvalue weighted by Crippen LogP contribution is 2.23. The Morgan fingerprint density at radius 2 is 1.94 bits per heavy atom. The molecule has 0 radical (unpaired) electrons. The van der Waals surface area contributed by atoms with Gasteiger partial charge in [-0.15, -0.1) is 0 Å². The van der Waals surface area contributed by atoms with E-state index in [4.69, 9.17) is 4.74 Å². The molecule has 1 aromatic rings. The molecule has 0 aliphatic carbocycles. The van der Waals surface area contributed by atoms with E-state index in [1.165, 1.54) is 12.1 Å². The lowest BCUT2D eigenvalue weighted by Crippen LogP contribution is -2.31. The van der Waals surface area contributed by atoms with Crippen LogP contribution >= 0.6 is 0 Å². The number of benzene rings is 1. The number of rotatable bonds is 5. The summed E-state index contributed by atoms with van der Waals surface area (Å²) in [7, 11) is 1.57. The lowest BCUT2D eigenvalue weighted by atomic mass is 10.0. The second-order valence-corrected chi connectivity index (χ2v) is 4.50. The quantitative estimate of drug-likeness (QED) is 0.856. The molecule has 0 aromatic heterocycles. The van der Waals surface area contributed by atoms with E-state index in [0.29, 0.717) is 12.2 Å². The van der Waals surface area contributed by atoms with Crippen molar-refractivity contribution >= 4 is 5.69 Å². The maximum absolute atomic E-state index is 13.8. The molecule has 0 spiro atoms. The fourth-order valence-corrected chi connectivity index (χ4v) is 1.55. The van der Waals surface area contributed by atoms with Gasteiger partial charge in [-0.1, -0.05) is 19.9 Å². The summed E-state index contributed by atoms with van der Waals surface area (Å²) in [5.41, 5.74) is 0.356. The molecule has 0 saturated carbocycles. The predicted molar refractivity (Wildman–Crippen MR) is 65.2 cm³/mol. The molecule has 0 aliphatic heterocycles. The molecule has 0 bridgehead atoms. The first-order chi connectivity index (χ1) is 7.97. The molecule has 0 saturated heterocycles. The van der Waals surface area contributed by atoms with Gasteiger partial charge >= 0.3 is 0 Å². The van der Waals surface area contributed by atoms with Crippen LogP contribution in [0.1, 0.15) is 19.4 Å². The number of anilines is 1. The summed E-state index contributed by atoms with van der Waals surface area (Å²) >= 11 is 0. The third-order valence-electron chi connectivity index (χ3n) is 2.76. The summed E-state index contributed by atoms with van der Waals surface area (Å²) < 4.78 is 32.4. The largest absolute Gasteiger partial charge is 0.383 e. The van der Waals surface area contributed by atoms with Crippen molar-refractivity contribution in [1.29, 1.82) is 0 Å². The van der Waals surface area contributed by atoms with Crippen LogP contribution in [0.4, 0.5) is 14.5 Å². The third-order valence-corrected chi connectivity index (χ3v) is 2.76. The van der Waals surface area contributed by atoms with E-state index >= 15 is 0 Å². The normalized spacial score (nSPS) is 12.9. The smallest absolute Gasteiger partial charge is 0.152 e. The first-order valence-corrected chi connectivity index (χ1v) is 5.67. The van der Waals surface area contributed by atoms with E-state index < -0.39 is 11.6 Å². The summed E-state index contributed by atoms with van der Waals surface area (Å²) in [6.07, 6.45) is 0. The SMILES string of the molecule is COCC(Nc1c(F)ccc(C)c1F)C(C)C. The van der Waals surface area contributed by atoms with E-state index in [1.807, 2.05) is 13.8 Å². The Balaban J connectivity index is 2.96. The maximum Gasteiger partial charge on any atom is 0.152 e. The van der Waals surface area contributed by atoms with Crippen LogP contribution in [0.15, 0.2) is 12.1 Å². The van der Waals surface area contributed by atoms with Crippen LogP contribution in [0.2, 0.25) is 0 Å². The van der Waals surface area contributed by atoms with Gasteiger partial charge in [0.25, 0.3) is 0 Å². The van der Waals surface area contributed by atoms with Gasteiger partial charge in [0.1, 0.15) is 11.5 Å². The Kier molecular flexibility index (Phi) is 4.87. The van der Waals surface area contributed by atoms with E-state index in [2.05, 4.69) is 5.32 Å². The summed E-state index contributed by atoms with van der Waals surface area (Å²) in [4.78, 5) is 0. The average Bonchev–Trinajstić information content (AvgIpc) is 2.28. The van der Waals surface area contributed by atoms with Gasteiger partial charge in [-0.3, -0.25) is 0 Å². The van der Waals surface area contributed by atoms with Crippen molar-refractivity contribution in [2.75, 3.05) is 19.0 Å². The van der Waals surface area contributed by atoms with E-state index in [0.717, 1.165) is 0 Å². The van der Waals surface area contributed by atoms with E-state index in [-0.39, 0.29) is 17.6 Å². The minimum atomic E-state index is -0.574. The zero-order valence-corrected chi connectivity index (χ0v) is 10.7. The highest BCUT2D eigenvalue weighted by Gasteiger charge is 2.18. The molecular formula is C13H19F2NO.